The summed E-state index contributed by atoms with van der Waals surface area (Å²) in [6.45, 7) is 3.82. The number of guanidine groups is 1. The van der Waals surface area contributed by atoms with Crippen LogP contribution in [-0.2, 0) is 13.1 Å². The standard InChI is InChI=1S/C23H31N5O2.HI/c1-5-13-25-21(29)20-8-6-7-18(14-20)16-27-23(24-2)26-15-17-9-11-19(12-10-17)22(30)28(3)4;/h6-12,14H,5,13,15-16H2,1-4H3,(H,25,29)(H2,24,26,27);1H. The van der Waals surface area contributed by atoms with E-state index in [-0.39, 0.29) is 35.8 Å². The van der Waals surface area contributed by atoms with Gasteiger partial charge < -0.3 is 20.9 Å². The van der Waals surface area contributed by atoms with Gasteiger partial charge in [-0.2, -0.15) is 0 Å². The van der Waals surface area contributed by atoms with Crippen LogP contribution in [0.4, 0.5) is 0 Å². The first-order valence-electron chi connectivity index (χ1n) is 10.1. The molecule has 7 nitrogen and oxygen atoms in total. The van der Waals surface area contributed by atoms with Gasteiger partial charge in [0.15, 0.2) is 5.96 Å². The van der Waals surface area contributed by atoms with E-state index in [1.54, 1.807) is 26.0 Å². The number of amides is 2. The van der Waals surface area contributed by atoms with Crippen molar-refractivity contribution in [1.82, 2.24) is 20.9 Å². The van der Waals surface area contributed by atoms with Crippen molar-refractivity contribution in [3.05, 3.63) is 70.8 Å². The molecule has 0 aliphatic heterocycles. The molecule has 0 radical (unpaired) electrons. The molecule has 2 aromatic carbocycles. The highest BCUT2D eigenvalue weighted by Gasteiger charge is 2.08. The molecule has 31 heavy (non-hydrogen) atoms. The quantitative estimate of drug-likeness (QED) is 0.275. The predicted molar refractivity (Wildman–Crippen MR) is 136 cm³/mol. The second-order valence-corrected chi connectivity index (χ2v) is 7.13. The summed E-state index contributed by atoms with van der Waals surface area (Å²) in [5.74, 6) is 0.583. The van der Waals surface area contributed by atoms with Gasteiger partial charge in [0.25, 0.3) is 11.8 Å². The van der Waals surface area contributed by atoms with E-state index >= 15 is 0 Å². The van der Waals surface area contributed by atoms with Crippen molar-refractivity contribution in [2.75, 3.05) is 27.7 Å². The lowest BCUT2D eigenvalue weighted by molar-refractivity contribution is 0.0827. The van der Waals surface area contributed by atoms with E-state index in [4.69, 9.17) is 0 Å². The van der Waals surface area contributed by atoms with Crippen molar-refractivity contribution in [3.8, 4) is 0 Å². The molecule has 0 aromatic heterocycles. The molecule has 3 N–H and O–H groups in total. The van der Waals surface area contributed by atoms with E-state index in [0.717, 1.165) is 17.5 Å². The van der Waals surface area contributed by atoms with Crippen LogP contribution in [0.2, 0.25) is 0 Å². The minimum absolute atomic E-state index is 0. The molecule has 0 unspecified atom stereocenters. The second kappa shape index (κ2) is 13.6. The monoisotopic (exact) mass is 537 g/mol. The maximum Gasteiger partial charge on any atom is 0.253 e. The first-order valence-corrected chi connectivity index (χ1v) is 10.1. The van der Waals surface area contributed by atoms with Crippen LogP contribution in [0.3, 0.4) is 0 Å². The SMILES string of the molecule is CCCNC(=O)c1cccc(CNC(=NC)NCc2ccc(C(=O)N(C)C)cc2)c1.I. The largest absolute Gasteiger partial charge is 0.352 e. The average Bonchev–Trinajstić information content (AvgIpc) is 2.77. The first-order chi connectivity index (χ1) is 14.4. The van der Waals surface area contributed by atoms with Crippen molar-refractivity contribution in [1.29, 1.82) is 0 Å². The number of carbonyl (C=O) groups excluding carboxylic acids is 2. The summed E-state index contributed by atoms with van der Waals surface area (Å²) < 4.78 is 0. The fourth-order valence-electron chi connectivity index (χ4n) is 2.78. The first kappa shape index (κ1) is 26.4. The van der Waals surface area contributed by atoms with E-state index in [9.17, 15) is 9.59 Å². The highest BCUT2D eigenvalue weighted by molar-refractivity contribution is 14.0. The van der Waals surface area contributed by atoms with Crippen LogP contribution < -0.4 is 16.0 Å². The Balaban J connectivity index is 0.00000480. The van der Waals surface area contributed by atoms with E-state index in [0.29, 0.717) is 36.7 Å². The maximum absolute atomic E-state index is 12.1. The maximum atomic E-state index is 12.1. The van der Waals surface area contributed by atoms with Crippen LogP contribution >= 0.6 is 24.0 Å². The molecular formula is C23H32IN5O2. The van der Waals surface area contributed by atoms with Crippen LogP contribution in [0.5, 0.6) is 0 Å². The molecule has 0 aliphatic carbocycles. The molecule has 0 heterocycles. The minimum atomic E-state index is -0.0580. The number of nitrogens with zero attached hydrogens (tertiary/aromatic N) is 2. The molecule has 2 rings (SSSR count). The van der Waals surface area contributed by atoms with Crippen LogP contribution in [0.1, 0.15) is 45.2 Å². The van der Waals surface area contributed by atoms with Gasteiger partial charge in [0.1, 0.15) is 0 Å². The zero-order valence-electron chi connectivity index (χ0n) is 18.6. The molecule has 0 saturated heterocycles. The Morgan fingerprint density at radius 1 is 0.903 bits per heavy atom. The molecule has 0 atom stereocenters. The van der Waals surface area contributed by atoms with Crippen molar-refractivity contribution < 1.29 is 9.59 Å². The highest BCUT2D eigenvalue weighted by atomic mass is 127. The number of halogens is 1. The summed E-state index contributed by atoms with van der Waals surface area (Å²) >= 11 is 0. The van der Waals surface area contributed by atoms with Crippen LogP contribution in [0.25, 0.3) is 0 Å². The number of hydrogen-bond acceptors (Lipinski definition) is 3. The summed E-state index contributed by atoms with van der Waals surface area (Å²) in [7, 11) is 5.18. The molecule has 168 valence electrons. The lowest BCUT2D eigenvalue weighted by atomic mass is 10.1. The Hall–Kier alpha value is -2.62. The number of rotatable bonds is 8. The summed E-state index contributed by atoms with van der Waals surface area (Å²) in [5.41, 5.74) is 3.35. The minimum Gasteiger partial charge on any atom is -0.352 e. The van der Waals surface area contributed by atoms with Crippen molar-refractivity contribution in [2.45, 2.75) is 26.4 Å². The number of hydrogen-bond donors (Lipinski definition) is 3. The lowest BCUT2D eigenvalue weighted by Crippen LogP contribution is -2.36. The molecule has 0 aliphatic rings. The van der Waals surface area contributed by atoms with Crippen LogP contribution in [0.15, 0.2) is 53.5 Å². The van der Waals surface area contributed by atoms with E-state index in [1.165, 1.54) is 0 Å². The Morgan fingerprint density at radius 2 is 1.55 bits per heavy atom. The smallest absolute Gasteiger partial charge is 0.253 e. The number of nitrogens with one attached hydrogen (secondary N) is 3. The van der Waals surface area contributed by atoms with Crippen molar-refractivity contribution >= 4 is 41.8 Å². The Labute approximate surface area is 201 Å². The number of aliphatic imine (C=N–C) groups is 1. The van der Waals surface area contributed by atoms with Crippen molar-refractivity contribution in [2.24, 2.45) is 4.99 Å². The lowest BCUT2D eigenvalue weighted by Gasteiger charge is -2.13. The van der Waals surface area contributed by atoms with Crippen molar-refractivity contribution in [3.63, 3.8) is 0 Å². The third-order valence-electron chi connectivity index (χ3n) is 4.48. The van der Waals surface area contributed by atoms with Gasteiger partial charge in [-0.1, -0.05) is 31.2 Å². The topological polar surface area (TPSA) is 85.8 Å². The Morgan fingerprint density at radius 3 is 2.13 bits per heavy atom. The van der Waals surface area contributed by atoms with Gasteiger partial charge in [0.2, 0.25) is 0 Å². The van der Waals surface area contributed by atoms with Crippen LogP contribution in [-0.4, -0.2) is 50.4 Å². The molecule has 0 saturated carbocycles. The van der Waals surface area contributed by atoms with Gasteiger partial charge in [0, 0.05) is 51.9 Å². The van der Waals surface area contributed by atoms with Gasteiger partial charge in [-0.25, -0.2) is 0 Å². The average molecular weight is 537 g/mol. The Kier molecular flexibility index (Phi) is 11.6. The normalized spacial score (nSPS) is 10.6. The molecule has 2 amide bonds. The number of carbonyl (C=O) groups is 2. The molecule has 2 aromatic rings. The third kappa shape index (κ3) is 8.56. The van der Waals surface area contributed by atoms with Crippen LogP contribution in [0, 0.1) is 0 Å². The van der Waals surface area contributed by atoms with Gasteiger partial charge in [0.05, 0.1) is 0 Å². The summed E-state index contributed by atoms with van der Waals surface area (Å²) in [6.07, 6.45) is 0.906. The zero-order valence-corrected chi connectivity index (χ0v) is 20.9. The van der Waals surface area contributed by atoms with E-state index in [2.05, 4.69) is 20.9 Å². The molecule has 0 fully saturated rings. The molecule has 0 spiro atoms. The highest BCUT2D eigenvalue weighted by Crippen LogP contribution is 2.07. The van der Waals surface area contributed by atoms with E-state index < -0.39 is 0 Å². The third-order valence-corrected chi connectivity index (χ3v) is 4.48. The molecular weight excluding hydrogens is 505 g/mol. The predicted octanol–water partition coefficient (Wildman–Crippen LogP) is 3.01. The van der Waals surface area contributed by atoms with Gasteiger partial charge in [-0.15, -0.1) is 24.0 Å². The Bertz CT molecular complexity index is 882. The van der Waals surface area contributed by atoms with Gasteiger partial charge in [-0.3, -0.25) is 14.6 Å². The molecule has 8 heteroatoms. The van der Waals surface area contributed by atoms with Gasteiger partial charge in [-0.05, 0) is 41.8 Å². The summed E-state index contributed by atoms with van der Waals surface area (Å²) in [4.78, 5) is 29.9. The second-order valence-electron chi connectivity index (χ2n) is 7.13. The summed E-state index contributed by atoms with van der Waals surface area (Å²) in [6, 6.07) is 15.0. The fraction of sp³-hybridized carbons (Fsp3) is 0.348. The fourth-order valence-corrected chi connectivity index (χ4v) is 2.78. The number of benzene rings is 2. The van der Waals surface area contributed by atoms with Gasteiger partial charge >= 0.3 is 0 Å². The van der Waals surface area contributed by atoms with E-state index in [1.807, 2.05) is 55.5 Å². The molecule has 0 bridgehead atoms. The zero-order chi connectivity index (χ0) is 21.9. The summed E-state index contributed by atoms with van der Waals surface area (Å²) in [5, 5.41) is 9.40.